The summed E-state index contributed by atoms with van der Waals surface area (Å²) in [6.45, 7) is 3.03. The highest BCUT2D eigenvalue weighted by Gasteiger charge is 2.07. The van der Waals surface area contributed by atoms with Gasteiger partial charge < -0.3 is 20.5 Å². The van der Waals surface area contributed by atoms with Crippen LogP contribution in [-0.2, 0) is 11.3 Å². The van der Waals surface area contributed by atoms with Gasteiger partial charge in [-0.2, -0.15) is 0 Å². The van der Waals surface area contributed by atoms with Crippen molar-refractivity contribution in [2.24, 2.45) is 5.73 Å². The third-order valence-electron chi connectivity index (χ3n) is 2.06. The van der Waals surface area contributed by atoms with E-state index in [-0.39, 0.29) is 6.61 Å². The number of carbonyl (C=O) groups is 1. The van der Waals surface area contributed by atoms with Gasteiger partial charge in [0, 0.05) is 6.54 Å². The molecule has 1 aromatic carbocycles. The van der Waals surface area contributed by atoms with E-state index in [1.54, 1.807) is 6.07 Å². The number of nitrogens with two attached hydrogens (primary N) is 1. The Morgan fingerprint density at radius 1 is 1.35 bits per heavy atom. The predicted octanol–water partition coefficient (Wildman–Crippen LogP) is 0.669. The van der Waals surface area contributed by atoms with Gasteiger partial charge in [0.2, 0.25) is 0 Å². The van der Waals surface area contributed by atoms with Crippen molar-refractivity contribution >= 4 is 5.91 Å². The van der Waals surface area contributed by atoms with E-state index in [0.717, 1.165) is 12.1 Å². The predicted molar refractivity (Wildman–Crippen MR) is 65.1 cm³/mol. The number of rotatable bonds is 7. The van der Waals surface area contributed by atoms with Crippen molar-refractivity contribution in [3.05, 3.63) is 23.8 Å². The van der Waals surface area contributed by atoms with E-state index in [1.807, 2.05) is 26.1 Å². The Labute approximate surface area is 101 Å². The van der Waals surface area contributed by atoms with Crippen LogP contribution < -0.4 is 20.5 Å². The quantitative estimate of drug-likeness (QED) is 0.732. The molecule has 0 radical (unpaired) electrons. The number of amides is 1. The Balaban J connectivity index is 2.83. The Bertz CT molecular complexity index is 380. The molecule has 3 N–H and O–H groups in total. The molecule has 0 aliphatic carbocycles. The second-order valence-electron chi connectivity index (χ2n) is 3.50. The first-order chi connectivity index (χ1) is 8.17. The molecule has 0 heterocycles. The Morgan fingerprint density at radius 3 is 2.71 bits per heavy atom. The van der Waals surface area contributed by atoms with E-state index in [4.69, 9.17) is 15.2 Å². The minimum atomic E-state index is -0.508. The fourth-order valence-electron chi connectivity index (χ4n) is 1.40. The summed E-state index contributed by atoms with van der Waals surface area (Å²) in [6.07, 6.45) is 0. The molecule has 0 bridgehead atoms. The summed E-state index contributed by atoms with van der Waals surface area (Å²) in [5.41, 5.74) is 6.11. The molecule has 5 heteroatoms. The SMILES string of the molecule is CCOc1cc(CNC)ccc1OCC(N)=O. The molecule has 0 aliphatic rings. The van der Waals surface area contributed by atoms with E-state index >= 15 is 0 Å². The third-order valence-corrected chi connectivity index (χ3v) is 2.06. The number of benzene rings is 1. The lowest BCUT2D eigenvalue weighted by Crippen LogP contribution is -2.20. The lowest BCUT2D eigenvalue weighted by molar-refractivity contribution is -0.119. The summed E-state index contributed by atoms with van der Waals surface area (Å²) < 4.78 is 10.7. The molecule has 94 valence electrons. The number of nitrogens with one attached hydrogen (secondary N) is 1. The zero-order chi connectivity index (χ0) is 12.7. The summed E-state index contributed by atoms with van der Waals surface area (Å²) in [4.78, 5) is 10.7. The minimum Gasteiger partial charge on any atom is -0.490 e. The molecule has 0 aliphatic heterocycles. The van der Waals surface area contributed by atoms with Crippen molar-refractivity contribution in [1.82, 2.24) is 5.32 Å². The van der Waals surface area contributed by atoms with Crippen molar-refractivity contribution in [3.63, 3.8) is 0 Å². The van der Waals surface area contributed by atoms with Crippen molar-refractivity contribution < 1.29 is 14.3 Å². The normalized spacial score (nSPS) is 10.0. The molecule has 0 fully saturated rings. The Morgan fingerprint density at radius 2 is 2.12 bits per heavy atom. The van der Waals surface area contributed by atoms with Crippen LogP contribution in [0.15, 0.2) is 18.2 Å². The van der Waals surface area contributed by atoms with Gasteiger partial charge in [-0.15, -0.1) is 0 Å². The van der Waals surface area contributed by atoms with Gasteiger partial charge in [-0.1, -0.05) is 6.07 Å². The smallest absolute Gasteiger partial charge is 0.255 e. The lowest BCUT2D eigenvalue weighted by atomic mass is 10.2. The van der Waals surface area contributed by atoms with Crippen LogP contribution in [0.1, 0.15) is 12.5 Å². The van der Waals surface area contributed by atoms with Crippen molar-refractivity contribution in [2.45, 2.75) is 13.5 Å². The summed E-state index contributed by atoms with van der Waals surface area (Å²) in [5.74, 6) is 0.652. The summed E-state index contributed by atoms with van der Waals surface area (Å²) in [5, 5.41) is 3.05. The highest BCUT2D eigenvalue weighted by Crippen LogP contribution is 2.28. The van der Waals surface area contributed by atoms with Gasteiger partial charge in [0.1, 0.15) is 0 Å². The van der Waals surface area contributed by atoms with Gasteiger partial charge >= 0.3 is 0 Å². The second kappa shape index (κ2) is 6.75. The van der Waals surface area contributed by atoms with Crippen molar-refractivity contribution in [2.75, 3.05) is 20.3 Å². The van der Waals surface area contributed by atoms with Crippen LogP contribution >= 0.6 is 0 Å². The molecule has 0 spiro atoms. The van der Waals surface area contributed by atoms with Gasteiger partial charge in [0.05, 0.1) is 6.61 Å². The van der Waals surface area contributed by atoms with Crippen LogP contribution in [0.5, 0.6) is 11.5 Å². The average Bonchev–Trinajstić information content (AvgIpc) is 2.28. The molecule has 0 atom stereocenters. The zero-order valence-electron chi connectivity index (χ0n) is 10.2. The molecule has 17 heavy (non-hydrogen) atoms. The van der Waals surface area contributed by atoms with E-state index in [0.29, 0.717) is 18.1 Å². The number of ether oxygens (including phenoxy) is 2. The van der Waals surface area contributed by atoms with Gasteiger partial charge in [-0.05, 0) is 31.7 Å². The van der Waals surface area contributed by atoms with Gasteiger partial charge in [0.15, 0.2) is 18.1 Å². The van der Waals surface area contributed by atoms with Crippen LogP contribution in [0.3, 0.4) is 0 Å². The number of hydrogen-bond donors (Lipinski definition) is 2. The summed E-state index contributed by atoms with van der Waals surface area (Å²) >= 11 is 0. The van der Waals surface area contributed by atoms with Crippen LogP contribution in [0.4, 0.5) is 0 Å². The molecule has 0 saturated carbocycles. The fourth-order valence-corrected chi connectivity index (χ4v) is 1.40. The van der Waals surface area contributed by atoms with Crippen molar-refractivity contribution in [3.8, 4) is 11.5 Å². The first kappa shape index (κ1) is 13.3. The highest BCUT2D eigenvalue weighted by atomic mass is 16.5. The van der Waals surface area contributed by atoms with Gasteiger partial charge in [-0.3, -0.25) is 4.79 Å². The largest absolute Gasteiger partial charge is 0.490 e. The molecule has 0 saturated heterocycles. The Kier molecular flexibility index (Phi) is 5.29. The molecule has 0 unspecified atom stereocenters. The zero-order valence-corrected chi connectivity index (χ0v) is 10.2. The maximum atomic E-state index is 10.7. The van der Waals surface area contributed by atoms with E-state index in [2.05, 4.69) is 5.32 Å². The molecule has 0 aromatic heterocycles. The monoisotopic (exact) mass is 238 g/mol. The van der Waals surface area contributed by atoms with Gasteiger partial charge in [-0.25, -0.2) is 0 Å². The van der Waals surface area contributed by atoms with E-state index < -0.39 is 5.91 Å². The van der Waals surface area contributed by atoms with Crippen molar-refractivity contribution in [1.29, 1.82) is 0 Å². The third kappa shape index (κ3) is 4.32. The number of hydrogen-bond acceptors (Lipinski definition) is 4. The molecule has 1 rings (SSSR count). The molecule has 1 amide bonds. The van der Waals surface area contributed by atoms with Crippen LogP contribution in [0, 0.1) is 0 Å². The maximum Gasteiger partial charge on any atom is 0.255 e. The molecule has 1 aromatic rings. The topological polar surface area (TPSA) is 73.6 Å². The lowest BCUT2D eigenvalue weighted by Gasteiger charge is -2.12. The minimum absolute atomic E-state index is 0.147. The highest BCUT2D eigenvalue weighted by molar-refractivity contribution is 5.75. The number of carbonyl (C=O) groups excluding carboxylic acids is 1. The van der Waals surface area contributed by atoms with Crippen LogP contribution in [0.25, 0.3) is 0 Å². The van der Waals surface area contributed by atoms with Crippen LogP contribution in [-0.4, -0.2) is 26.2 Å². The first-order valence-corrected chi connectivity index (χ1v) is 5.48. The fraction of sp³-hybridized carbons (Fsp3) is 0.417. The maximum absolute atomic E-state index is 10.7. The second-order valence-corrected chi connectivity index (χ2v) is 3.50. The summed E-state index contributed by atoms with van der Waals surface area (Å²) in [7, 11) is 1.87. The van der Waals surface area contributed by atoms with Gasteiger partial charge in [0.25, 0.3) is 5.91 Å². The van der Waals surface area contributed by atoms with E-state index in [1.165, 1.54) is 0 Å². The average molecular weight is 238 g/mol. The molecular formula is C12H18N2O3. The Hall–Kier alpha value is -1.75. The molecular weight excluding hydrogens is 220 g/mol. The summed E-state index contributed by atoms with van der Waals surface area (Å²) in [6, 6.07) is 5.58. The number of primary amides is 1. The van der Waals surface area contributed by atoms with Crippen LogP contribution in [0.2, 0.25) is 0 Å². The standard InChI is InChI=1S/C12H18N2O3/c1-3-16-11-6-9(7-14-2)4-5-10(11)17-8-12(13)15/h4-6,14H,3,7-8H2,1-2H3,(H2,13,15). The first-order valence-electron chi connectivity index (χ1n) is 5.48. The molecule has 5 nitrogen and oxygen atoms in total. The van der Waals surface area contributed by atoms with E-state index in [9.17, 15) is 4.79 Å².